The minimum atomic E-state index is -0.431. The van der Waals surface area contributed by atoms with Gasteiger partial charge in [-0.25, -0.2) is 9.97 Å². The Labute approximate surface area is 142 Å². The van der Waals surface area contributed by atoms with E-state index in [1.54, 1.807) is 6.20 Å². The standard InChI is InChI=1S/C19H24N4O/c1-13-9-11-21-17(22-13)14-6-5-7-15(12-14)23-18(24)16-8-3-4-10-19(16,2)20/h5-7,9,11-12,16H,3-4,8,10,20H2,1-2H3,(H,23,24). The van der Waals surface area contributed by atoms with E-state index in [-0.39, 0.29) is 11.8 Å². The molecule has 2 atom stereocenters. The van der Waals surface area contributed by atoms with Gasteiger partial charge in [0.25, 0.3) is 0 Å². The van der Waals surface area contributed by atoms with Crippen molar-refractivity contribution in [2.75, 3.05) is 5.32 Å². The minimum Gasteiger partial charge on any atom is -0.326 e. The highest BCUT2D eigenvalue weighted by Gasteiger charge is 2.37. The van der Waals surface area contributed by atoms with Crippen molar-refractivity contribution in [3.8, 4) is 11.4 Å². The third-order valence-corrected chi connectivity index (χ3v) is 4.75. The number of aromatic nitrogens is 2. The lowest BCUT2D eigenvalue weighted by Crippen LogP contribution is -2.51. The number of anilines is 1. The van der Waals surface area contributed by atoms with E-state index in [0.29, 0.717) is 5.82 Å². The number of nitrogens with zero attached hydrogens (tertiary/aromatic N) is 2. The van der Waals surface area contributed by atoms with Crippen molar-refractivity contribution in [2.45, 2.75) is 45.1 Å². The van der Waals surface area contributed by atoms with E-state index in [0.717, 1.165) is 42.6 Å². The van der Waals surface area contributed by atoms with Gasteiger partial charge in [0.15, 0.2) is 5.82 Å². The topological polar surface area (TPSA) is 80.9 Å². The van der Waals surface area contributed by atoms with Gasteiger partial charge in [0, 0.05) is 28.7 Å². The van der Waals surface area contributed by atoms with Gasteiger partial charge in [0.1, 0.15) is 0 Å². The second-order valence-electron chi connectivity index (χ2n) is 6.90. The molecule has 0 aliphatic heterocycles. The summed E-state index contributed by atoms with van der Waals surface area (Å²) in [5.41, 5.74) is 8.45. The molecule has 1 heterocycles. The fourth-order valence-corrected chi connectivity index (χ4v) is 3.34. The van der Waals surface area contributed by atoms with E-state index >= 15 is 0 Å². The first-order chi connectivity index (χ1) is 11.5. The number of amides is 1. The number of carbonyl (C=O) groups is 1. The van der Waals surface area contributed by atoms with Gasteiger partial charge in [-0.15, -0.1) is 0 Å². The van der Waals surface area contributed by atoms with Gasteiger partial charge in [-0.1, -0.05) is 25.0 Å². The summed E-state index contributed by atoms with van der Waals surface area (Å²) in [7, 11) is 0. The molecule has 3 rings (SSSR count). The number of hydrogen-bond donors (Lipinski definition) is 2. The molecule has 0 radical (unpaired) electrons. The smallest absolute Gasteiger partial charge is 0.229 e. The summed E-state index contributed by atoms with van der Waals surface area (Å²) >= 11 is 0. The van der Waals surface area contributed by atoms with E-state index in [4.69, 9.17) is 5.73 Å². The normalized spacial score (nSPS) is 23.7. The van der Waals surface area contributed by atoms with Crippen molar-refractivity contribution in [1.29, 1.82) is 0 Å². The van der Waals surface area contributed by atoms with E-state index < -0.39 is 5.54 Å². The van der Waals surface area contributed by atoms with Crippen LogP contribution >= 0.6 is 0 Å². The van der Waals surface area contributed by atoms with Crippen LogP contribution in [0.5, 0.6) is 0 Å². The van der Waals surface area contributed by atoms with Gasteiger partial charge >= 0.3 is 0 Å². The van der Waals surface area contributed by atoms with Crippen molar-refractivity contribution in [1.82, 2.24) is 9.97 Å². The first-order valence-electron chi connectivity index (χ1n) is 8.45. The van der Waals surface area contributed by atoms with Crippen LogP contribution in [0.3, 0.4) is 0 Å². The predicted octanol–water partition coefficient (Wildman–Crippen LogP) is 3.30. The summed E-state index contributed by atoms with van der Waals surface area (Å²) in [4.78, 5) is 21.4. The Morgan fingerprint density at radius 3 is 2.92 bits per heavy atom. The Hall–Kier alpha value is -2.27. The second kappa shape index (κ2) is 6.69. The van der Waals surface area contributed by atoms with Crippen LogP contribution in [0, 0.1) is 12.8 Å². The molecule has 24 heavy (non-hydrogen) atoms. The number of aryl methyl sites for hydroxylation is 1. The molecule has 1 saturated carbocycles. The number of nitrogens with one attached hydrogen (secondary N) is 1. The molecule has 2 aromatic rings. The lowest BCUT2D eigenvalue weighted by atomic mass is 9.74. The molecule has 0 saturated heterocycles. The maximum absolute atomic E-state index is 12.7. The third-order valence-electron chi connectivity index (χ3n) is 4.75. The summed E-state index contributed by atoms with van der Waals surface area (Å²) < 4.78 is 0. The van der Waals surface area contributed by atoms with E-state index in [1.165, 1.54) is 0 Å². The molecule has 2 unspecified atom stereocenters. The Bertz CT molecular complexity index is 742. The SMILES string of the molecule is Cc1ccnc(-c2cccc(NC(=O)C3CCCCC3(C)N)c2)n1. The molecule has 1 amide bonds. The molecular weight excluding hydrogens is 300 g/mol. The molecule has 3 N–H and O–H groups in total. The van der Waals surface area contributed by atoms with E-state index in [9.17, 15) is 4.79 Å². The van der Waals surface area contributed by atoms with Crippen molar-refractivity contribution in [3.05, 3.63) is 42.2 Å². The molecule has 5 heteroatoms. The average Bonchev–Trinajstić information content (AvgIpc) is 2.54. The maximum Gasteiger partial charge on any atom is 0.229 e. The highest BCUT2D eigenvalue weighted by molar-refractivity contribution is 5.94. The zero-order chi connectivity index (χ0) is 17.2. The van der Waals surface area contributed by atoms with Crippen LogP contribution in [-0.4, -0.2) is 21.4 Å². The molecule has 1 aliphatic carbocycles. The highest BCUT2D eigenvalue weighted by Crippen LogP contribution is 2.32. The van der Waals surface area contributed by atoms with Crippen LogP contribution in [0.1, 0.15) is 38.3 Å². The van der Waals surface area contributed by atoms with Gasteiger partial charge < -0.3 is 11.1 Å². The Kier molecular flexibility index (Phi) is 4.62. The number of hydrogen-bond acceptors (Lipinski definition) is 4. The van der Waals surface area contributed by atoms with Gasteiger partial charge in [-0.05, 0) is 44.9 Å². The summed E-state index contributed by atoms with van der Waals surface area (Å²) in [5.74, 6) is 0.513. The van der Waals surface area contributed by atoms with Crippen molar-refractivity contribution in [2.24, 2.45) is 11.7 Å². The molecule has 1 aromatic heterocycles. The van der Waals surface area contributed by atoms with Crippen LogP contribution in [0.4, 0.5) is 5.69 Å². The number of rotatable bonds is 3. The quantitative estimate of drug-likeness (QED) is 0.907. The molecular formula is C19H24N4O. The summed E-state index contributed by atoms with van der Waals surface area (Å²) in [5, 5.41) is 3.02. The van der Waals surface area contributed by atoms with Crippen LogP contribution < -0.4 is 11.1 Å². The number of carbonyl (C=O) groups excluding carboxylic acids is 1. The van der Waals surface area contributed by atoms with Crippen LogP contribution in [0.2, 0.25) is 0 Å². The van der Waals surface area contributed by atoms with Gasteiger partial charge in [0.2, 0.25) is 5.91 Å². The molecule has 0 bridgehead atoms. The molecule has 126 valence electrons. The highest BCUT2D eigenvalue weighted by atomic mass is 16.1. The maximum atomic E-state index is 12.7. The monoisotopic (exact) mass is 324 g/mol. The fourth-order valence-electron chi connectivity index (χ4n) is 3.34. The second-order valence-corrected chi connectivity index (χ2v) is 6.90. The lowest BCUT2D eigenvalue weighted by molar-refractivity contribution is -0.122. The zero-order valence-corrected chi connectivity index (χ0v) is 14.2. The molecule has 5 nitrogen and oxygen atoms in total. The Morgan fingerprint density at radius 1 is 1.33 bits per heavy atom. The van der Waals surface area contributed by atoms with Crippen molar-refractivity contribution >= 4 is 11.6 Å². The van der Waals surface area contributed by atoms with E-state index in [1.807, 2.05) is 44.2 Å². The first-order valence-corrected chi connectivity index (χ1v) is 8.45. The summed E-state index contributed by atoms with van der Waals surface area (Å²) in [6.07, 6.45) is 5.63. The molecule has 1 fully saturated rings. The first kappa shape index (κ1) is 16.6. The third kappa shape index (κ3) is 3.62. The van der Waals surface area contributed by atoms with Crippen molar-refractivity contribution < 1.29 is 4.79 Å². The largest absolute Gasteiger partial charge is 0.326 e. The Morgan fingerprint density at radius 2 is 2.17 bits per heavy atom. The average molecular weight is 324 g/mol. The summed E-state index contributed by atoms with van der Waals surface area (Å²) in [6.45, 7) is 3.91. The van der Waals surface area contributed by atoms with Crippen molar-refractivity contribution in [3.63, 3.8) is 0 Å². The predicted molar refractivity (Wildman–Crippen MR) is 95.4 cm³/mol. The number of benzene rings is 1. The van der Waals surface area contributed by atoms with Gasteiger partial charge in [-0.2, -0.15) is 0 Å². The number of nitrogens with two attached hydrogens (primary N) is 1. The van der Waals surface area contributed by atoms with Gasteiger partial charge in [0.05, 0.1) is 5.92 Å². The minimum absolute atomic E-state index is 0.00186. The van der Waals surface area contributed by atoms with Crippen LogP contribution in [0.25, 0.3) is 11.4 Å². The van der Waals surface area contributed by atoms with Gasteiger partial charge in [-0.3, -0.25) is 4.79 Å². The molecule has 0 spiro atoms. The molecule has 1 aliphatic rings. The molecule has 1 aromatic carbocycles. The van der Waals surface area contributed by atoms with E-state index in [2.05, 4.69) is 15.3 Å². The lowest BCUT2D eigenvalue weighted by Gasteiger charge is -2.37. The zero-order valence-electron chi connectivity index (χ0n) is 14.2. The Balaban J connectivity index is 1.78. The van der Waals surface area contributed by atoms with Crippen LogP contribution in [0.15, 0.2) is 36.5 Å². The fraction of sp³-hybridized carbons (Fsp3) is 0.421. The summed E-state index contributed by atoms with van der Waals surface area (Å²) in [6, 6.07) is 9.49. The van der Waals surface area contributed by atoms with Crippen LogP contribution in [-0.2, 0) is 4.79 Å².